The summed E-state index contributed by atoms with van der Waals surface area (Å²) in [6.07, 6.45) is 0.0131. The number of fused-ring (bicyclic) bond motifs is 2. The average molecular weight is 328 g/mol. The molecule has 1 saturated carbocycles. The average Bonchev–Trinajstić information content (AvgIpc) is 2.46. The lowest BCUT2D eigenvalue weighted by Crippen LogP contribution is -2.64. The van der Waals surface area contributed by atoms with Crippen LogP contribution in [-0.2, 0) is 14.3 Å². The third kappa shape index (κ3) is 3.66. The van der Waals surface area contributed by atoms with Crippen molar-refractivity contribution in [2.45, 2.75) is 64.1 Å². The maximum Gasteiger partial charge on any atom is 0.323 e. The highest BCUT2D eigenvalue weighted by Gasteiger charge is 2.49. The summed E-state index contributed by atoms with van der Waals surface area (Å²) in [6, 6.07) is -0.529. The molecule has 2 saturated heterocycles. The van der Waals surface area contributed by atoms with Crippen LogP contribution >= 0.6 is 0 Å². The lowest BCUT2D eigenvalue weighted by Gasteiger charge is -2.47. The van der Waals surface area contributed by atoms with Gasteiger partial charge in [-0.05, 0) is 31.1 Å². The monoisotopic (exact) mass is 328 g/mol. The van der Waals surface area contributed by atoms with Crippen molar-refractivity contribution in [3.63, 3.8) is 0 Å². The Hall–Kier alpha value is -1.21. The van der Waals surface area contributed by atoms with Crippen molar-refractivity contribution < 1.29 is 23.5 Å². The number of halogens is 1. The second kappa shape index (κ2) is 6.73. The molecule has 3 aliphatic rings. The second-order valence-electron chi connectivity index (χ2n) is 7.24. The summed E-state index contributed by atoms with van der Waals surface area (Å²) in [4.78, 5) is 23.3. The van der Waals surface area contributed by atoms with Crippen LogP contribution in [0.5, 0.6) is 0 Å². The van der Waals surface area contributed by atoms with Gasteiger partial charge in [0.05, 0.1) is 18.1 Å². The first-order chi connectivity index (χ1) is 10.9. The Morgan fingerprint density at radius 2 is 2.09 bits per heavy atom. The zero-order valence-corrected chi connectivity index (χ0v) is 13.6. The summed E-state index contributed by atoms with van der Waals surface area (Å²) in [7, 11) is 0. The van der Waals surface area contributed by atoms with Gasteiger partial charge in [-0.2, -0.15) is 0 Å². The van der Waals surface area contributed by atoms with Gasteiger partial charge < -0.3 is 14.8 Å². The number of hydrogen-bond acceptors (Lipinski definition) is 4. The molecular weight excluding hydrogens is 303 g/mol. The largest absolute Gasteiger partial charge is 0.375 e. The molecule has 6 atom stereocenters. The number of nitrogens with one attached hydrogen (secondary N) is 2. The maximum atomic E-state index is 14.4. The topological polar surface area (TPSA) is 76.7 Å². The molecule has 1 aliphatic carbocycles. The maximum absolute atomic E-state index is 14.4. The third-order valence-corrected chi connectivity index (χ3v) is 5.04. The fourth-order valence-corrected chi connectivity index (χ4v) is 3.69. The number of rotatable bonds is 4. The Bertz CT molecular complexity index is 473. The van der Waals surface area contributed by atoms with Crippen LogP contribution in [0, 0.1) is 17.8 Å². The quantitative estimate of drug-likeness (QED) is 0.824. The minimum atomic E-state index is -1.02. The third-order valence-electron chi connectivity index (χ3n) is 5.04. The van der Waals surface area contributed by atoms with Gasteiger partial charge in [0.2, 0.25) is 5.91 Å². The first-order valence-electron chi connectivity index (χ1n) is 8.46. The lowest BCUT2D eigenvalue weighted by molar-refractivity contribution is -0.182. The predicted octanol–water partition coefficient (Wildman–Crippen LogP) is 1.74. The fraction of sp³-hybridized carbons (Fsp3) is 0.875. The molecule has 2 N–H and O–H groups in total. The lowest BCUT2D eigenvalue weighted by atomic mass is 9.75. The number of carbonyl (C=O) groups is 2. The predicted molar refractivity (Wildman–Crippen MR) is 80.3 cm³/mol. The molecule has 2 aliphatic heterocycles. The SMILES string of the molecule is CC(C)CCOC1CC2OC3NC(=O)NC(=O)C3CC2CC1F. The number of urea groups is 1. The summed E-state index contributed by atoms with van der Waals surface area (Å²) < 4.78 is 26.0. The van der Waals surface area contributed by atoms with Crippen LogP contribution in [0.4, 0.5) is 9.18 Å². The Morgan fingerprint density at radius 3 is 2.83 bits per heavy atom. The number of amides is 3. The molecule has 0 aromatic rings. The molecule has 3 fully saturated rings. The minimum absolute atomic E-state index is 0.00282. The second-order valence-corrected chi connectivity index (χ2v) is 7.24. The molecule has 6 nitrogen and oxygen atoms in total. The van der Waals surface area contributed by atoms with Crippen molar-refractivity contribution in [1.29, 1.82) is 0 Å². The summed E-state index contributed by atoms with van der Waals surface area (Å²) in [5.41, 5.74) is 0. The molecule has 0 aromatic heterocycles. The smallest absolute Gasteiger partial charge is 0.323 e. The zero-order valence-electron chi connectivity index (χ0n) is 13.6. The fourth-order valence-electron chi connectivity index (χ4n) is 3.69. The summed E-state index contributed by atoms with van der Waals surface area (Å²) >= 11 is 0. The van der Waals surface area contributed by atoms with Gasteiger partial charge in [-0.1, -0.05) is 13.8 Å². The molecule has 23 heavy (non-hydrogen) atoms. The van der Waals surface area contributed by atoms with E-state index in [4.69, 9.17) is 9.47 Å². The first-order valence-corrected chi connectivity index (χ1v) is 8.46. The Balaban J connectivity index is 1.59. The Morgan fingerprint density at radius 1 is 1.30 bits per heavy atom. The van der Waals surface area contributed by atoms with Crippen molar-refractivity contribution in [3.05, 3.63) is 0 Å². The number of carbonyl (C=O) groups excluding carboxylic acids is 2. The van der Waals surface area contributed by atoms with Crippen LogP contribution in [0.25, 0.3) is 0 Å². The van der Waals surface area contributed by atoms with E-state index in [-0.39, 0.29) is 17.9 Å². The summed E-state index contributed by atoms with van der Waals surface area (Å²) in [6.45, 7) is 4.76. The number of ether oxygens (including phenoxy) is 2. The van der Waals surface area contributed by atoms with Gasteiger partial charge in [0.15, 0.2) is 0 Å². The molecule has 3 rings (SSSR count). The number of imide groups is 1. The van der Waals surface area contributed by atoms with Crippen molar-refractivity contribution in [2.75, 3.05) is 6.61 Å². The van der Waals surface area contributed by atoms with Gasteiger partial charge in [-0.3, -0.25) is 10.1 Å². The normalized spacial score (nSPS) is 40.2. The Kier molecular flexibility index (Phi) is 4.87. The molecule has 2 heterocycles. The number of alkyl halides is 1. The highest BCUT2D eigenvalue weighted by atomic mass is 19.1. The van der Waals surface area contributed by atoms with E-state index in [1.807, 2.05) is 0 Å². The van der Waals surface area contributed by atoms with Crippen molar-refractivity contribution in [3.8, 4) is 0 Å². The van der Waals surface area contributed by atoms with E-state index in [1.54, 1.807) is 0 Å². The van der Waals surface area contributed by atoms with E-state index < -0.39 is 30.5 Å². The highest BCUT2D eigenvalue weighted by molar-refractivity contribution is 5.98. The molecule has 0 radical (unpaired) electrons. The molecule has 0 spiro atoms. The van der Waals surface area contributed by atoms with Crippen molar-refractivity contribution in [2.24, 2.45) is 17.8 Å². The van der Waals surface area contributed by atoms with Crippen molar-refractivity contribution >= 4 is 11.9 Å². The van der Waals surface area contributed by atoms with Crippen LogP contribution in [0.1, 0.15) is 39.5 Å². The van der Waals surface area contributed by atoms with Gasteiger partial charge in [0.1, 0.15) is 12.4 Å². The summed E-state index contributed by atoms with van der Waals surface area (Å²) in [5.74, 6) is -0.244. The molecule has 0 bridgehead atoms. The van der Waals surface area contributed by atoms with Crippen LogP contribution in [0.2, 0.25) is 0 Å². The van der Waals surface area contributed by atoms with Crippen molar-refractivity contribution in [1.82, 2.24) is 10.6 Å². The van der Waals surface area contributed by atoms with E-state index >= 15 is 0 Å². The number of hydrogen-bond donors (Lipinski definition) is 2. The molecule has 3 amide bonds. The van der Waals surface area contributed by atoms with Crippen LogP contribution in [0.15, 0.2) is 0 Å². The Labute approximate surface area is 135 Å². The minimum Gasteiger partial charge on any atom is -0.375 e. The van der Waals surface area contributed by atoms with Gasteiger partial charge in [0, 0.05) is 13.0 Å². The van der Waals surface area contributed by atoms with Gasteiger partial charge in [-0.15, -0.1) is 0 Å². The molecule has 0 aromatic carbocycles. The van der Waals surface area contributed by atoms with E-state index in [9.17, 15) is 14.0 Å². The van der Waals surface area contributed by atoms with Crippen LogP contribution in [0.3, 0.4) is 0 Å². The molecule has 7 heteroatoms. The van der Waals surface area contributed by atoms with E-state index in [1.165, 1.54) is 0 Å². The van der Waals surface area contributed by atoms with Gasteiger partial charge >= 0.3 is 6.03 Å². The summed E-state index contributed by atoms with van der Waals surface area (Å²) in [5, 5.41) is 4.88. The van der Waals surface area contributed by atoms with Gasteiger partial charge in [0.25, 0.3) is 0 Å². The van der Waals surface area contributed by atoms with Crippen LogP contribution in [-0.4, -0.2) is 43.2 Å². The molecule has 6 unspecified atom stereocenters. The van der Waals surface area contributed by atoms with Gasteiger partial charge in [-0.25, -0.2) is 9.18 Å². The van der Waals surface area contributed by atoms with Crippen LogP contribution < -0.4 is 10.6 Å². The molecule has 130 valence electrons. The standard InChI is InChI=1S/C16H25FN2O4/c1-8(2)3-4-22-13-7-12-9(6-11(13)17)5-10-14(20)18-16(21)19-15(10)23-12/h8-13,15H,3-7H2,1-2H3,(H2,18,19,20,21). The van der Waals surface area contributed by atoms with E-state index in [0.717, 1.165) is 6.42 Å². The van der Waals surface area contributed by atoms with E-state index in [0.29, 0.717) is 31.8 Å². The van der Waals surface area contributed by atoms with E-state index in [2.05, 4.69) is 24.5 Å². The zero-order chi connectivity index (χ0) is 16.6. The highest BCUT2D eigenvalue weighted by Crippen LogP contribution is 2.40. The molecular formula is C16H25FN2O4. The first kappa shape index (κ1) is 16.6.